The number of carbonyl (C=O) groups excluding carboxylic acids is 1. The lowest BCUT2D eigenvalue weighted by Gasteiger charge is -2.25. The Labute approximate surface area is 222 Å². The lowest BCUT2D eigenvalue weighted by atomic mass is 10.1. The van der Waals surface area contributed by atoms with Gasteiger partial charge in [0.25, 0.3) is 5.91 Å². The van der Waals surface area contributed by atoms with Crippen LogP contribution in [0, 0.1) is 0 Å². The number of ether oxygens (including phenoxy) is 1. The molecule has 208 valence electrons. The van der Waals surface area contributed by atoms with Gasteiger partial charge in [-0.1, -0.05) is 0 Å². The number of aromatic nitrogens is 2. The van der Waals surface area contributed by atoms with Crippen molar-refractivity contribution in [1.29, 1.82) is 0 Å². The number of rotatable bonds is 6. The summed E-state index contributed by atoms with van der Waals surface area (Å²) < 4.78 is 37.2. The molecule has 0 aliphatic carbocycles. The third kappa shape index (κ3) is 7.80. The van der Waals surface area contributed by atoms with Crippen molar-refractivity contribution >= 4 is 23.4 Å². The molecule has 0 saturated carbocycles. The number of hydrogen-bond donors (Lipinski definition) is 3. The molecule has 0 bridgehead atoms. The Kier molecular flexibility index (Phi) is 9.30. The number of carboxylic acid groups (broad SMARTS) is 1. The number of likely N-dealkylation sites (tertiary alicyclic amines) is 1. The summed E-state index contributed by atoms with van der Waals surface area (Å²) in [5, 5.41) is 19.9. The Hall–Kier alpha value is -4.39. The van der Waals surface area contributed by atoms with Gasteiger partial charge in [0.2, 0.25) is 0 Å². The molecular weight excluding hydrogens is 519 g/mol. The van der Waals surface area contributed by atoms with E-state index in [0.717, 1.165) is 25.1 Å². The highest BCUT2D eigenvalue weighted by atomic mass is 19.4. The largest absolute Gasteiger partial charge is 0.508 e. The van der Waals surface area contributed by atoms with Crippen LogP contribution in [0.15, 0.2) is 54.9 Å². The second kappa shape index (κ2) is 12.4. The summed E-state index contributed by atoms with van der Waals surface area (Å²) in [6, 6.07) is 12.3. The molecular formula is C26H28F3N5O5. The number of amides is 1. The summed E-state index contributed by atoms with van der Waals surface area (Å²) in [6.45, 7) is 1.87. The molecule has 0 radical (unpaired) electrons. The molecule has 3 N–H and O–H groups in total. The van der Waals surface area contributed by atoms with Crippen LogP contribution in [0.2, 0.25) is 0 Å². The van der Waals surface area contributed by atoms with E-state index in [4.69, 9.17) is 14.6 Å². The van der Waals surface area contributed by atoms with Crippen LogP contribution < -0.4 is 10.1 Å². The van der Waals surface area contributed by atoms with Crippen molar-refractivity contribution in [3.05, 3.63) is 60.4 Å². The van der Waals surface area contributed by atoms with Crippen LogP contribution in [-0.2, 0) is 4.79 Å². The van der Waals surface area contributed by atoms with E-state index >= 15 is 0 Å². The summed E-state index contributed by atoms with van der Waals surface area (Å²) in [7, 11) is 5.51. The van der Waals surface area contributed by atoms with Crippen LogP contribution in [0.25, 0.3) is 11.3 Å². The minimum atomic E-state index is -5.08. The minimum absolute atomic E-state index is 0.0278. The van der Waals surface area contributed by atoms with E-state index in [0.29, 0.717) is 28.5 Å². The van der Waals surface area contributed by atoms with Crippen molar-refractivity contribution in [2.24, 2.45) is 0 Å². The second-order valence-corrected chi connectivity index (χ2v) is 8.80. The van der Waals surface area contributed by atoms with Crippen LogP contribution in [0.4, 0.5) is 24.7 Å². The van der Waals surface area contributed by atoms with E-state index in [-0.39, 0.29) is 17.7 Å². The Morgan fingerprint density at radius 1 is 1.15 bits per heavy atom. The third-order valence-electron chi connectivity index (χ3n) is 5.98. The molecule has 39 heavy (non-hydrogen) atoms. The highest BCUT2D eigenvalue weighted by molar-refractivity contribution is 5.96. The summed E-state index contributed by atoms with van der Waals surface area (Å²) in [4.78, 5) is 34.9. The number of likely N-dealkylation sites (N-methyl/N-ethyl adjacent to an activating group) is 2. The lowest BCUT2D eigenvalue weighted by molar-refractivity contribution is -0.192. The fraction of sp³-hybridized carbons (Fsp3) is 0.308. The second-order valence-electron chi connectivity index (χ2n) is 8.80. The number of hydrogen-bond acceptors (Lipinski definition) is 8. The number of methoxy groups -OCH3 is 1. The fourth-order valence-corrected chi connectivity index (χ4v) is 3.87. The van der Waals surface area contributed by atoms with Gasteiger partial charge in [-0.25, -0.2) is 9.78 Å². The monoisotopic (exact) mass is 547 g/mol. The number of aliphatic carboxylic acids is 1. The zero-order chi connectivity index (χ0) is 28.7. The van der Waals surface area contributed by atoms with E-state index < -0.39 is 12.1 Å². The molecule has 13 heteroatoms. The predicted octanol–water partition coefficient (Wildman–Crippen LogP) is 4.01. The van der Waals surface area contributed by atoms with Crippen molar-refractivity contribution in [2.45, 2.75) is 18.6 Å². The smallest absolute Gasteiger partial charge is 0.490 e. The average Bonchev–Trinajstić information content (AvgIpc) is 3.34. The fourth-order valence-electron chi connectivity index (χ4n) is 3.87. The van der Waals surface area contributed by atoms with E-state index in [1.165, 1.54) is 0 Å². The Balaban J connectivity index is 0.000000532. The van der Waals surface area contributed by atoms with Gasteiger partial charge in [0.1, 0.15) is 17.3 Å². The highest BCUT2D eigenvalue weighted by Crippen LogP contribution is 2.30. The molecule has 3 aromatic rings. The molecule has 1 atom stereocenters. The quantitative estimate of drug-likeness (QED) is 0.419. The Bertz CT molecular complexity index is 1300. The number of carboxylic acids is 1. The average molecular weight is 548 g/mol. The summed E-state index contributed by atoms with van der Waals surface area (Å²) in [5.41, 5.74) is 2.70. The molecule has 1 aromatic heterocycles. The number of anilines is 2. The molecule has 1 aliphatic heterocycles. The lowest BCUT2D eigenvalue weighted by Crippen LogP contribution is -2.38. The first kappa shape index (κ1) is 29.2. The first-order chi connectivity index (χ1) is 18.4. The number of phenols is 1. The number of halogens is 3. The van der Waals surface area contributed by atoms with Gasteiger partial charge in [0.05, 0.1) is 30.9 Å². The molecule has 1 amide bonds. The van der Waals surface area contributed by atoms with Crippen LogP contribution in [0.1, 0.15) is 16.8 Å². The number of carbonyl (C=O) groups is 2. The van der Waals surface area contributed by atoms with Crippen molar-refractivity contribution in [3.63, 3.8) is 0 Å². The standard InChI is InChI=1S/C24H27N5O3.C2HF3O2/c1-28-11-10-18(15-28)29(2)24(31)17-6-9-22(32-3)20(12-17)26-23-14-25-13-21(27-23)16-4-7-19(30)8-5-16;3-2(4,5)1(6)7/h4-9,12-14,18,30H,10-11,15H2,1-3H3,(H,26,27);(H,6,7). The molecule has 4 rings (SSSR count). The number of benzene rings is 2. The third-order valence-corrected chi connectivity index (χ3v) is 5.98. The Morgan fingerprint density at radius 3 is 2.38 bits per heavy atom. The van der Waals surface area contributed by atoms with Crippen LogP contribution in [0.3, 0.4) is 0 Å². The molecule has 10 nitrogen and oxygen atoms in total. The van der Waals surface area contributed by atoms with Gasteiger partial charge >= 0.3 is 12.1 Å². The van der Waals surface area contributed by atoms with E-state index in [9.17, 15) is 23.1 Å². The molecule has 1 saturated heterocycles. The SMILES string of the molecule is COc1ccc(C(=O)N(C)C2CCN(C)C2)cc1Nc1cncc(-c2ccc(O)cc2)n1.O=C(O)C(F)(F)F. The zero-order valence-corrected chi connectivity index (χ0v) is 21.4. The van der Waals surface area contributed by atoms with Gasteiger partial charge in [-0.05, 0) is 62.5 Å². The molecule has 2 heterocycles. The van der Waals surface area contributed by atoms with Crippen LogP contribution >= 0.6 is 0 Å². The van der Waals surface area contributed by atoms with Gasteiger partial charge in [-0.2, -0.15) is 13.2 Å². The molecule has 1 fully saturated rings. The number of nitrogens with zero attached hydrogens (tertiary/aromatic N) is 4. The first-order valence-corrected chi connectivity index (χ1v) is 11.7. The predicted molar refractivity (Wildman–Crippen MR) is 137 cm³/mol. The zero-order valence-electron chi connectivity index (χ0n) is 21.4. The van der Waals surface area contributed by atoms with Crippen molar-refractivity contribution < 1.29 is 37.7 Å². The van der Waals surface area contributed by atoms with Gasteiger partial charge in [0.15, 0.2) is 0 Å². The van der Waals surface area contributed by atoms with Gasteiger partial charge < -0.3 is 30.1 Å². The maximum Gasteiger partial charge on any atom is 0.490 e. The van der Waals surface area contributed by atoms with Crippen molar-refractivity contribution in [3.8, 4) is 22.8 Å². The maximum absolute atomic E-state index is 13.1. The van der Waals surface area contributed by atoms with E-state index in [2.05, 4.69) is 27.2 Å². The summed E-state index contributed by atoms with van der Waals surface area (Å²) >= 11 is 0. The molecule has 1 aliphatic rings. The molecule has 2 aromatic carbocycles. The first-order valence-electron chi connectivity index (χ1n) is 11.7. The number of phenolic OH excluding ortho intramolecular Hbond substituents is 1. The Morgan fingerprint density at radius 2 is 1.82 bits per heavy atom. The van der Waals surface area contributed by atoms with Gasteiger partial charge in [-0.15, -0.1) is 0 Å². The summed E-state index contributed by atoms with van der Waals surface area (Å²) in [6.07, 6.45) is -0.847. The van der Waals surface area contributed by atoms with E-state index in [1.54, 1.807) is 62.0 Å². The number of alkyl halides is 3. The topological polar surface area (TPSA) is 128 Å². The van der Waals surface area contributed by atoms with Crippen molar-refractivity contribution in [1.82, 2.24) is 19.8 Å². The summed E-state index contributed by atoms with van der Waals surface area (Å²) in [5.74, 6) is -1.48. The normalized spacial score (nSPS) is 15.2. The van der Waals surface area contributed by atoms with Crippen LogP contribution in [-0.4, -0.2) is 88.4 Å². The molecule has 0 spiro atoms. The number of aromatic hydroxyl groups is 1. The maximum atomic E-state index is 13.1. The number of nitrogens with one attached hydrogen (secondary N) is 1. The molecule has 1 unspecified atom stereocenters. The highest BCUT2D eigenvalue weighted by Gasteiger charge is 2.38. The minimum Gasteiger partial charge on any atom is -0.508 e. The van der Waals surface area contributed by atoms with Gasteiger partial charge in [0, 0.05) is 30.8 Å². The van der Waals surface area contributed by atoms with Crippen molar-refractivity contribution in [2.75, 3.05) is 39.6 Å². The van der Waals surface area contributed by atoms with E-state index in [1.807, 2.05) is 11.9 Å². The van der Waals surface area contributed by atoms with Crippen LogP contribution in [0.5, 0.6) is 11.5 Å². The van der Waals surface area contributed by atoms with Gasteiger partial charge in [-0.3, -0.25) is 9.78 Å².